The lowest BCUT2D eigenvalue weighted by Crippen LogP contribution is -2.32. The first-order chi connectivity index (χ1) is 7.69. The number of nitrogens with one attached hydrogen (secondary N) is 1. The van der Waals surface area contributed by atoms with Gasteiger partial charge in [0.25, 0.3) is 0 Å². The van der Waals surface area contributed by atoms with Crippen LogP contribution < -0.4 is 5.32 Å². The Morgan fingerprint density at radius 3 is 2.56 bits per heavy atom. The van der Waals surface area contributed by atoms with Crippen molar-refractivity contribution in [1.29, 1.82) is 0 Å². The van der Waals surface area contributed by atoms with E-state index in [1.54, 1.807) is 0 Å². The molecule has 0 amide bonds. The van der Waals surface area contributed by atoms with Crippen LogP contribution in [-0.2, 0) is 4.74 Å². The van der Waals surface area contributed by atoms with Crippen molar-refractivity contribution in [1.82, 2.24) is 5.32 Å². The monoisotopic (exact) mass is 247 g/mol. The van der Waals surface area contributed by atoms with Gasteiger partial charge in [-0.3, -0.25) is 0 Å². The van der Waals surface area contributed by atoms with Crippen molar-refractivity contribution in [3.05, 3.63) is 12.7 Å². The Bertz CT molecular complexity index is 175. The largest absolute Gasteiger partial charge is 0.374 e. The zero-order valence-corrected chi connectivity index (χ0v) is 11.6. The molecule has 0 aliphatic carbocycles. The number of unbranched alkanes of at least 4 members (excludes halogenated alkanes) is 1. The first-order valence-electron chi connectivity index (χ1n) is 6.25. The summed E-state index contributed by atoms with van der Waals surface area (Å²) >= 11 is 6.22. The summed E-state index contributed by atoms with van der Waals surface area (Å²) in [5, 5.41) is 3.09. The summed E-state index contributed by atoms with van der Waals surface area (Å²) in [6.45, 7) is 8.77. The van der Waals surface area contributed by atoms with E-state index in [-0.39, 0.29) is 11.6 Å². The third-order valence-electron chi connectivity index (χ3n) is 2.81. The summed E-state index contributed by atoms with van der Waals surface area (Å²) in [7, 11) is 1.89. The highest BCUT2D eigenvalue weighted by molar-refractivity contribution is 6.20. The molecule has 0 saturated carbocycles. The smallest absolute Gasteiger partial charge is 0.0873 e. The lowest BCUT2D eigenvalue weighted by Gasteiger charge is -2.23. The minimum absolute atomic E-state index is 0.00567. The Morgan fingerprint density at radius 2 is 2.12 bits per heavy atom. The Morgan fingerprint density at radius 1 is 1.44 bits per heavy atom. The molecule has 0 aromatic heterocycles. The van der Waals surface area contributed by atoms with Crippen molar-refractivity contribution in [3.63, 3.8) is 0 Å². The molecule has 0 aromatic rings. The molecule has 0 aliphatic rings. The molecule has 0 spiro atoms. The molecule has 2 nitrogen and oxygen atoms in total. The van der Waals surface area contributed by atoms with Gasteiger partial charge in [0.2, 0.25) is 0 Å². The molecule has 0 bridgehead atoms. The van der Waals surface area contributed by atoms with Crippen LogP contribution in [-0.4, -0.2) is 25.3 Å². The van der Waals surface area contributed by atoms with Gasteiger partial charge in [0, 0.05) is 5.92 Å². The summed E-state index contributed by atoms with van der Waals surface area (Å²) in [6, 6.07) is 0. The van der Waals surface area contributed by atoms with E-state index in [9.17, 15) is 0 Å². The predicted octanol–water partition coefficient (Wildman–Crippen LogP) is 3.56. The molecule has 0 rings (SSSR count). The first kappa shape index (κ1) is 16.0. The van der Waals surface area contributed by atoms with Crippen LogP contribution in [0.3, 0.4) is 0 Å². The van der Waals surface area contributed by atoms with E-state index < -0.39 is 0 Å². The van der Waals surface area contributed by atoms with Gasteiger partial charge < -0.3 is 10.1 Å². The second-order valence-electron chi connectivity index (χ2n) is 4.11. The normalized spacial score (nSPS) is 16.8. The van der Waals surface area contributed by atoms with Crippen LogP contribution in [0.4, 0.5) is 0 Å². The van der Waals surface area contributed by atoms with Gasteiger partial charge in [-0.15, -0.1) is 18.2 Å². The van der Waals surface area contributed by atoms with Gasteiger partial charge in [0.15, 0.2) is 0 Å². The molecule has 1 N–H and O–H groups in total. The van der Waals surface area contributed by atoms with E-state index in [1.165, 1.54) is 12.8 Å². The van der Waals surface area contributed by atoms with E-state index in [0.717, 1.165) is 12.8 Å². The molecule has 1 unspecified atom stereocenters. The average molecular weight is 248 g/mol. The van der Waals surface area contributed by atoms with Gasteiger partial charge in [0.05, 0.1) is 18.2 Å². The van der Waals surface area contributed by atoms with Gasteiger partial charge in [-0.05, 0) is 19.9 Å². The van der Waals surface area contributed by atoms with Gasteiger partial charge in [-0.2, -0.15) is 0 Å². The number of rotatable bonds is 10. The molecule has 3 heteroatoms. The second kappa shape index (κ2) is 10.1. The van der Waals surface area contributed by atoms with Crippen molar-refractivity contribution in [2.45, 2.75) is 51.1 Å². The lowest BCUT2D eigenvalue weighted by molar-refractivity contribution is 0.0492. The number of halogens is 1. The molecule has 0 fully saturated rings. The van der Waals surface area contributed by atoms with Gasteiger partial charge in [-0.1, -0.05) is 32.8 Å². The van der Waals surface area contributed by atoms with Gasteiger partial charge in [0.1, 0.15) is 0 Å². The van der Waals surface area contributed by atoms with Crippen molar-refractivity contribution in [3.8, 4) is 0 Å². The molecule has 0 saturated heterocycles. The number of alkyl halides is 1. The zero-order valence-electron chi connectivity index (χ0n) is 10.8. The van der Waals surface area contributed by atoms with Crippen LogP contribution in [0.15, 0.2) is 12.7 Å². The Kier molecular flexibility index (Phi) is 10.1. The Hall–Kier alpha value is -0.0500. The van der Waals surface area contributed by atoms with Crippen LogP contribution >= 0.6 is 11.6 Å². The Labute approximate surface area is 105 Å². The molecule has 0 radical (unpaired) electrons. The molecule has 16 heavy (non-hydrogen) atoms. The fourth-order valence-electron chi connectivity index (χ4n) is 1.62. The number of hydrogen-bond donors (Lipinski definition) is 1. The van der Waals surface area contributed by atoms with Crippen LogP contribution in [0.1, 0.15) is 39.5 Å². The van der Waals surface area contributed by atoms with Gasteiger partial charge in [-0.25, -0.2) is 0 Å². The Balaban J connectivity index is 4.03. The SMILES string of the molecule is C=CC(CC)OC[C@H](CCCC)[C@@H](Cl)NC. The second-order valence-corrected chi connectivity index (χ2v) is 4.58. The van der Waals surface area contributed by atoms with E-state index in [0.29, 0.717) is 12.5 Å². The highest BCUT2D eigenvalue weighted by Gasteiger charge is 2.18. The molecule has 96 valence electrons. The highest BCUT2D eigenvalue weighted by Crippen LogP contribution is 2.17. The molecule has 0 aliphatic heterocycles. The van der Waals surface area contributed by atoms with Crippen molar-refractivity contribution in [2.24, 2.45) is 5.92 Å². The van der Waals surface area contributed by atoms with E-state index in [2.05, 4.69) is 25.7 Å². The third-order valence-corrected chi connectivity index (χ3v) is 3.38. The number of ether oxygens (including phenoxy) is 1. The van der Waals surface area contributed by atoms with Gasteiger partial charge >= 0.3 is 0 Å². The van der Waals surface area contributed by atoms with Crippen molar-refractivity contribution < 1.29 is 4.74 Å². The first-order valence-corrected chi connectivity index (χ1v) is 6.68. The fourth-order valence-corrected chi connectivity index (χ4v) is 1.81. The maximum absolute atomic E-state index is 6.22. The topological polar surface area (TPSA) is 21.3 Å². The lowest BCUT2D eigenvalue weighted by atomic mass is 10.0. The molecule has 3 atom stereocenters. The summed E-state index contributed by atoms with van der Waals surface area (Å²) in [6.07, 6.45) is 6.49. The predicted molar refractivity (Wildman–Crippen MR) is 71.9 cm³/mol. The quantitative estimate of drug-likeness (QED) is 0.362. The summed E-state index contributed by atoms with van der Waals surface area (Å²) in [4.78, 5) is 0. The average Bonchev–Trinajstić information content (AvgIpc) is 2.33. The molecular weight excluding hydrogens is 222 g/mol. The maximum atomic E-state index is 6.22. The molecular formula is C13H26ClNO. The van der Waals surface area contributed by atoms with E-state index in [4.69, 9.17) is 16.3 Å². The highest BCUT2D eigenvalue weighted by atomic mass is 35.5. The summed E-state index contributed by atoms with van der Waals surface area (Å²) in [5.41, 5.74) is -0.00567. The van der Waals surface area contributed by atoms with E-state index in [1.807, 2.05) is 13.1 Å². The van der Waals surface area contributed by atoms with Crippen molar-refractivity contribution in [2.75, 3.05) is 13.7 Å². The van der Waals surface area contributed by atoms with Crippen LogP contribution in [0.5, 0.6) is 0 Å². The fraction of sp³-hybridized carbons (Fsp3) is 0.846. The maximum Gasteiger partial charge on any atom is 0.0873 e. The van der Waals surface area contributed by atoms with Crippen LogP contribution in [0.25, 0.3) is 0 Å². The minimum Gasteiger partial charge on any atom is -0.374 e. The summed E-state index contributed by atoms with van der Waals surface area (Å²) in [5.74, 6) is 0.376. The zero-order chi connectivity index (χ0) is 12.4. The third kappa shape index (κ3) is 6.51. The van der Waals surface area contributed by atoms with Crippen LogP contribution in [0, 0.1) is 5.92 Å². The van der Waals surface area contributed by atoms with Crippen molar-refractivity contribution >= 4 is 11.6 Å². The molecule has 0 heterocycles. The minimum atomic E-state index is -0.00567. The standard InChI is InChI=1S/C13H26ClNO/c1-5-8-9-11(13(14)15-4)10-16-12(6-2)7-3/h6,11-13,15H,2,5,7-10H2,1,3-4H3/t11-,12?,13-/m0/s1. The molecule has 0 aromatic carbocycles. The van der Waals surface area contributed by atoms with Crippen LogP contribution in [0.2, 0.25) is 0 Å². The van der Waals surface area contributed by atoms with E-state index >= 15 is 0 Å². The number of hydrogen-bond acceptors (Lipinski definition) is 2. The summed E-state index contributed by atoms with van der Waals surface area (Å²) < 4.78 is 5.78.